The van der Waals surface area contributed by atoms with Gasteiger partial charge in [0.25, 0.3) is 5.91 Å². The van der Waals surface area contributed by atoms with E-state index in [0.29, 0.717) is 26.1 Å². The number of hydrogen-bond donors (Lipinski definition) is 2. The van der Waals surface area contributed by atoms with Crippen molar-refractivity contribution >= 4 is 11.8 Å². The summed E-state index contributed by atoms with van der Waals surface area (Å²) in [5.41, 5.74) is -0.413. The van der Waals surface area contributed by atoms with Gasteiger partial charge >= 0.3 is 0 Å². The Kier molecular flexibility index (Phi) is 7.87. The summed E-state index contributed by atoms with van der Waals surface area (Å²) in [5.74, 6) is -3.87. The predicted molar refractivity (Wildman–Crippen MR) is 109 cm³/mol. The van der Waals surface area contributed by atoms with Crippen LogP contribution in [0.3, 0.4) is 0 Å². The van der Waals surface area contributed by atoms with Gasteiger partial charge in [-0.2, -0.15) is 4.39 Å². The van der Waals surface area contributed by atoms with Crippen molar-refractivity contribution in [1.29, 1.82) is 0 Å². The van der Waals surface area contributed by atoms with Crippen LogP contribution < -0.4 is 20.1 Å². The van der Waals surface area contributed by atoms with Gasteiger partial charge < -0.3 is 24.8 Å². The zero-order valence-corrected chi connectivity index (χ0v) is 17.7. The molecule has 9 nitrogen and oxygen atoms in total. The van der Waals surface area contributed by atoms with Crippen molar-refractivity contribution in [1.82, 2.24) is 20.6 Å². The van der Waals surface area contributed by atoms with Crippen LogP contribution in [0, 0.1) is 11.6 Å². The van der Waals surface area contributed by atoms with E-state index < -0.39 is 28.9 Å². The second kappa shape index (κ2) is 10.8. The molecule has 172 valence electrons. The van der Waals surface area contributed by atoms with E-state index in [9.17, 15) is 18.4 Å². The lowest BCUT2D eigenvalue weighted by molar-refractivity contribution is -0.119. The first-order valence-corrected chi connectivity index (χ1v) is 10.1. The third kappa shape index (κ3) is 6.33. The standard InChI is InChI=1S/C21H24F2N4O5/c1-12(26-13(2)28)11-31-17-9-25-18(10-24-17)32-16-4-3-15(19(22)20(16)23)21(29)27-14-5-7-30-8-6-14/h3-4,9-10,12,14H,5-8,11H2,1-2H3,(H,26,28)(H,27,29)/t12-/m0/s1. The van der Waals surface area contributed by atoms with Crippen LogP contribution in [0.1, 0.15) is 37.0 Å². The van der Waals surface area contributed by atoms with E-state index in [1.165, 1.54) is 19.3 Å². The Bertz CT molecular complexity index is 952. The highest BCUT2D eigenvalue weighted by Crippen LogP contribution is 2.27. The summed E-state index contributed by atoms with van der Waals surface area (Å²) in [6.45, 7) is 4.35. The number of amides is 2. The molecule has 2 aromatic rings. The number of carbonyl (C=O) groups is 2. The van der Waals surface area contributed by atoms with E-state index in [2.05, 4.69) is 20.6 Å². The molecule has 0 bridgehead atoms. The van der Waals surface area contributed by atoms with Crippen LogP contribution in [-0.2, 0) is 9.53 Å². The minimum absolute atomic E-state index is 0.0926. The summed E-state index contributed by atoms with van der Waals surface area (Å²) in [6.07, 6.45) is 3.66. The van der Waals surface area contributed by atoms with Crippen molar-refractivity contribution < 1.29 is 32.6 Å². The maximum atomic E-state index is 14.5. The molecule has 0 unspecified atom stereocenters. The summed E-state index contributed by atoms with van der Waals surface area (Å²) in [6, 6.07) is 1.92. The average molecular weight is 450 g/mol. The van der Waals surface area contributed by atoms with Crippen LogP contribution in [0.15, 0.2) is 24.5 Å². The first kappa shape index (κ1) is 23.3. The fraction of sp³-hybridized carbons (Fsp3) is 0.429. The van der Waals surface area contributed by atoms with Gasteiger partial charge in [0, 0.05) is 26.2 Å². The minimum Gasteiger partial charge on any atom is -0.474 e. The van der Waals surface area contributed by atoms with Crippen molar-refractivity contribution in [2.45, 2.75) is 38.8 Å². The molecule has 32 heavy (non-hydrogen) atoms. The molecule has 2 amide bonds. The van der Waals surface area contributed by atoms with E-state index in [1.54, 1.807) is 6.92 Å². The maximum absolute atomic E-state index is 14.5. The highest BCUT2D eigenvalue weighted by Gasteiger charge is 2.23. The average Bonchev–Trinajstić information content (AvgIpc) is 2.76. The van der Waals surface area contributed by atoms with Crippen molar-refractivity contribution in [3.05, 3.63) is 41.7 Å². The van der Waals surface area contributed by atoms with Crippen molar-refractivity contribution in [2.24, 2.45) is 0 Å². The van der Waals surface area contributed by atoms with E-state index in [4.69, 9.17) is 14.2 Å². The summed E-state index contributed by atoms with van der Waals surface area (Å²) in [5, 5.41) is 5.34. The lowest BCUT2D eigenvalue weighted by Gasteiger charge is -2.23. The first-order valence-electron chi connectivity index (χ1n) is 10.1. The molecule has 11 heteroatoms. The van der Waals surface area contributed by atoms with Crippen LogP contribution in [0.2, 0.25) is 0 Å². The van der Waals surface area contributed by atoms with Crippen molar-refractivity contribution in [2.75, 3.05) is 19.8 Å². The summed E-state index contributed by atoms with van der Waals surface area (Å²) in [4.78, 5) is 31.2. The summed E-state index contributed by atoms with van der Waals surface area (Å²) < 4.78 is 44.8. The quantitative estimate of drug-likeness (QED) is 0.635. The molecule has 1 aliphatic rings. The van der Waals surface area contributed by atoms with Crippen LogP contribution >= 0.6 is 0 Å². The first-order chi connectivity index (χ1) is 15.3. The second-order valence-corrected chi connectivity index (χ2v) is 7.31. The molecule has 1 aliphatic heterocycles. The highest BCUT2D eigenvalue weighted by atomic mass is 19.2. The number of benzene rings is 1. The lowest BCUT2D eigenvalue weighted by atomic mass is 10.1. The number of hydrogen-bond acceptors (Lipinski definition) is 7. The van der Waals surface area contributed by atoms with Gasteiger partial charge in [-0.3, -0.25) is 9.59 Å². The molecule has 1 aromatic carbocycles. The molecule has 0 saturated carbocycles. The fourth-order valence-corrected chi connectivity index (χ4v) is 3.03. The summed E-state index contributed by atoms with van der Waals surface area (Å²) in [7, 11) is 0. The third-order valence-corrected chi connectivity index (χ3v) is 4.60. The molecule has 2 N–H and O–H groups in total. The molecule has 1 atom stereocenters. The molecule has 0 aliphatic carbocycles. The van der Waals surface area contributed by atoms with E-state index in [0.717, 1.165) is 12.1 Å². The Hall–Kier alpha value is -3.34. The van der Waals surface area contributed by atoms with Gasteiger partial charge in [-0.25, -0.2) is 14.4 Å². The van der Waals surface area contributed by atoms with Gasteiger partial charge in [-0.05, 0) is 31.9 Å². The molecule has 1 fully saturated rings. The smallest absolute Gasteiger partial charge is 0.254 e. The molecular formula is C21H24F2N4O5. The minimum atomic E-state index is -1.31. The number of aromatic nitrogens is 2. The SMILES string of the molecule is CC(=O)N[C@@H](C)COc1cnc(Oc2ccc(C(=O)NC3CCOCC3)c(F)c2F)cn1. The molecule has 2 heterocycles. The monoisotopic (exact) mass is 450 g/mol. The Labute approximate surface area is 183 Å². The largest absolute Gasteiger partial charge is 0.474 e. The Morgan fingerprint density at radius 1 is 1.16 bits per heavy atom. The van der Waals surface area contributed by atoms with Crippen LogP contribution in [0.5, 0.6) is 17.5 Å². The molecule has 1 saturated heterocycles. The Morgan fingerprint density at radius 2 is 1.84 bits per heavy atom. The van der Waals surface area contributed by atoms with E-state index in [-0.39, 0.29) is 36.4 Å². The zero-order valence-electron chi connectivity index (χ0n) is 17.7. The van der Waals surface area contributed by atoms with Gasteiger partial charge in [-0.15, -0.1) is 0 Å². The normalized spacial score (nSPS) is 15.0. The van der Waals surface area contributed by atoms with Crippen LogP contribution in [0.25, 0.3) is 0 Å². The number of halogens is 2. The molecule has 0 spiro atoms. The predicted octanol–water partition coefficient (Wildman–Crippen LogP) is 2.36. The Balaban J connectivity index is 1.60. The summed E-state index contributed by atoms with van der Waals surface area (Å²) >= 11 is 0. The number of nitrogens with one attached hydrogen (secondary N) is 2. The van der Waals surface area contributed by atoms with E-state index in [1.807, 2.05) is 0 Å². The van der Waals surface area contributed by atoms with Gasteiger partial charge in [0.05, 0.1) is 24.0 Å². The highest BCUT2D eigenvalue weighted by molar-refractivity contribution is 5.94. The second-order valence-electron chi connectivity index (χ2n) is 7.31. The number of nitrogens with zero attached hydrogens (tertiary/aromatic N) is 2. The van der Waals surface area contributed by atoms with E-state index >= 15 is 0 Å². The number of ether oxygens (including phenoxy) is 3. The Morgan fingerprint density at radius 3 is 2.50 bits per heavy atom. The van der Waals surface area contributed by atoms with Gasteiger partial charge in [0.15, 0.2) is 11.6 Å². The third-order valence-electron chi connectivity index (χ3n) is 4.60. The van der Waals surface area contributed by atoms with Gasteiger partial charge in [0.2, 0.25) is 23.5 Å². The van der Waals surface area contributed by atoms with Crippen LogP contribution in [-0.4, -0.2) is 53.7 Å². The van der Waals surface area contributed by atoms with Crippen LogP contribution in [0.4, 0.5) is 8.78 Å². The molecular weight excluding hydrogens is 426 g/mol. The van der Waals surface area contributed by atoms with Crippen molar-refractivity contribution in [3.8, 4) is 17.5 Å². The van der Waals surface area contributed by atoms with Crippen molar-refractivity contribution in [3.63, 3.8) is 0 Å². The molecule has 3 rings (SSSR count). The zero-order chi connectivity index (χ0) is 23.1. The van der Waals surface area contributed by atoms with Gasteiger partial charge in [-0.1, -0.05) is 0 Å². The number of carbonyl (C=O) groups excluding carboxylic acids is 2. The fourth-order valence-electron chi connectivity index (χ4n) is 3.03. The lowest BCUT2D eigenvalue weighted by Crippen LogP contribution is -2.39. The number of rotatable bonds is 8. The maximum Gasteiger partial charge on any atom is 0.254 e. The molecule has 1 aromatic heterocycles. The van der Waals surface area contributed by atoms with Gasteiger partial charge in [0.1, 0.15) is 6.61 Å². The topological polar surface area (TPSA) is 112 Å². The molecule has 0 radical (unpaired) electrons.